The van der Waals surface area contributed by atoms with E-state index in [0.29, 0.717) is 5.56 Å². The molecule has 0 heterocycles. The average molecular weight is 299 g/mol. The third-order valence-electron chi connectivity index (χ3n) is 2.94. The fourth-order valence-corrected chi connectivity index (χ4v) is 1.80. The third-order valence-corrected chi connectivity index (χ3v) is 2.94. The van der Waals surface area contributed by atoms with Crippen LogP contribution in [0.1, 0.15) is 21.5 Å². The van der Waals surface area contributed by atoms with Crippen molar-refractivity contribution in [2.24, 2.45) is 0 Å². The lowest BCUT2D eigenvalue weighted by Gasteiger charge is -2.16. The molecule has 0 radical (unpaired) electrons. The van der Waals surface area contributed by atoms with Crippen molar-refractivity contribution in [1.29, 1.82) is 0 Å². The third kappa shape index (κ3) is 4.34. The molecule has 0 saturated heterocycles. The molecule has 0 bridgehead atoms. The fraction of sp³-hybridized carbons (Fsp3) is 0.176. The van der Waals surface area contributed by atoms with Crippen LogP contribution >= 0.6 is 0 Å². The van der Waals surface area contributed by atoms with Gasteiger partial charge >= 0.3 is 12.1 Å². The van der Waals surface area contributed by atoms with E-state index in [1.807, 2.05) is 43.3 Å². The van der Waals surface area contributed by atoms with Crippen LogP contribution in [0.3, 0.4) is 0 Å². The van der Waals surface area contributed by atoms with E-state index in [2.05, 4.69) is 0 Å². The summed E-state index contributed by atoms with van der Waals surface area (Å²) in [4.78, 5) is 28.7. The number of carbonyl (C=O) groups is 2. The van der Waals surface area contributed by atoms with E-state index in [-0.39, 0.29) is 6.61 Å². The zero-order chi connectivity index (χ0) is 15.9. The van der Waals surface area contributed by atoms with Gasteiger partial charge in [-0.2, -0.15) is 0 Å². The van der Waals surface area contributed by atoms with Crippen LogP contribution < -0.4 is 0 Å². The Balaban J connectivity index is 1.87. The lowest BCUT2D eigenvalue weighted by molar-refractivity contribution is -0.0791. The van der Waals surface area contributed by atoms with Crippen molar-refractivity contribution in [1.82, 2.24) is 5.06 Å². The molecular formula is C17H17NO4. The summed E-state index contributed by atoms with van der Waals surface area (Å²) < 4.78 is 5.06. The molecule has 2 aromatic rings. The SMILES string of the molecule is Cc1cccc(C(=O)ON(C)C(=O)OCc2ccccc2)c1. The number of hydrogen-bond acceptors (Lipinski definition) is 4. The molecule has 1 amide bonds. The first kappa shape index (κ1) is 15.6. The molecule has 0 aromatic heterocycles. The minimum Gasteiger partial charge on any atom is -0.442 e. The second-order valence-corrected chi connectivity index (χ2v) is 4.79. The Kier molecular flexibility index (Phi) is 5.14. The first-order chi connectivity index (χ1) is 10.6. The van der Waals surface area contributed by atoms with Crippen molar-refractivity contribution < 1.29 is 19.2 Å². The first-order valence-corrected chi connectivity index (χ1v) is 6.79. The lowest BCUT2D eigenvalue weighted by atomic mass is 10.1. The van der Waals surface area contributed by atoms with Crippen LogP contribution in [0.5, 0.6) is 0 Å². The van der Waals surface area contributed by atoms with Crippen molar-refractivity contribution in [2.45, 2.75) is 13.5 Å². The molecule has 5 nitrogen and oxygen atoms in total. The van der Waals surface area contributed by atoms with Gasteiger partial charge in [0.25, 0.3) is 0 Å². The van der Waals surface area contributed by atoms with Crippen LogP contribution in [-0.4, -0.2) is 24.2 Å². The molecule has 0 N–H and O–H groups in total. The van der Waals surface area contributed by atoms with E-state index in [1.54, 1.807) is 18.2 Å². The van der Waals surface area contributed by atoms with Gasteiger partial charge in [-0.3, -0.25) is 0 Å². The Morgan fingerprint density at radius 2 is 1.77 bits per heavy atom. The molecule has 0 spiro atoms. The summed E-state index contributed by atoms with van der Waals surface area (Å²) in [7, 11) is 1.33. The first-order valence-electron chi connectivity index (χ1n) is 6.79. The number of amides is 1. The van der Waals surface area contributed by atoms with Crippen LogP contribution in [0.25, 0.3) is 0 Å². The average Bonchev–Trinajstić information content (AvgIpc) is 2.53. The van der Waals surface area contributed by atoms with Crippen LogP contribution in [0, 0.1) is 6.92 Å². The van der Waals surface area contributed by atoms with Crippen molar-refractivity contribution in [3.63, 3.8) is 0 Å². The highest BCUT2D eigenvalue weighted by Crippen LogP contribution is 2.08. The number of benzene rings is 2. The minimum atomic E-state index is -0.732. The number of carbonyl (C=O) groups excluding carboxylic acids is 2. The van der Waals surface area contributed by atoms with Gasteiger partial charge in [-0.1, -0.05) is 48.0 Å². The molecule has 0 atom stereocenters. The predicted molar refractivity (Wildman–Crippen MR) is 81.0 cm³/mol. The summed E-state index contributed by atoms with van der Waals surface area (Å²) in [5.74, 6) is -0.608. The summed E-state index contributed by atoms with van der Waals surface area (Å²) >= 11 is 0. The Hall–Kier alpha value is -2.82. The fourth-order valence-electron chi connectivity index (χ4n) is 1.80. The van der Waals surface area contributed by atoms with Crippen LogP contribution in [0.2, 0.25) is 0 Å². The highest BCUT2D eigenvalue weighted by molar-refractivity contribution is 5.90. The highest BCUT2D eigenvalue weighted by atomic mass is 16.7. The van der Waals surface area contributed by atoms with Crippen molar-refractivity contribution in [2.75, 3.05) is 7.05 Å². The maximum atomic E-state index is 11.9. The van der Waals surface area contributed by atoms with Crippen LogP contribution in [0.15, 0.2) is 54.6 Å². The van der Waals surface area contributed by atoms with E-state index >= 15 is 0 Å². The Morgan fingerprint density at radius 3 is 2.45 bits per heavy atom. The van der Waals surface area contributed by atoms with Crippen molar-refractivity contribution in [3.8, 4) is 0 Å². The molecule has 114 valence electrons. The highest BCUT2D eigenvalue weighted by Gasteiger charge is 2.17. The van der Waals surface area contributed by atoms with E-state index in [1.165, 1.54) is 7.05 Å². The van der Waals surface area contributed by atoms with Gasteiger partial charge in [-0.05, 0) is 24.6 Å². The van der Waals surface area contributed by atoms with Gasteiger partial charge in [0.1, 0.15) is 6.61 Å². The number of aryl methyl sites for hydroxylation is 1. The molecule has 5 heteroatoms. The maximum absolute atomic E-state index is 11.9. The van der Waals surface area contributed by atoms with Gasteiger partial charge < -0.3 is 9.57 Å². The number of hydroxylamine groups is 2. The number of ether oxygens (including phenoxy) is 1. The molecule has 0 aliphatic heterocycles. The Labute approximate surface area is 129 Å². The van der Waals surface area contributed by atoms with E-state index in [4.69, 9.17) is 9.57 Å². The molecule has 0 aliphatic rings. The second-order valence-electron chi connectivity index (χ2n) is 4.79. The summed E-state index contributed by atoms with van der Waals surface area (Å²) in [5, 5.41) is 0.785. The van der Waals surface area contributed by atoms with Gasteiger partial charge in [-0.15, -0.1) is 5.06 Å². The van der Waals surface area contributed by atoms with Gasteiger partial charge in [0.05, 0.1) is 12.6 Å². The molecule has 2 rings (SSSR count). The largest absolute Gasteiger partial charge is 0.443 e. The molecule has 0 unspecified atom stereocenters. The predicted octanol–water partition coefficient (Wildman–Crippen LogP) is 3.34. The quantitative estimate of drug-likeness (QED) is 0.816. The zero-order valence-electron chi connectivity index (χ0n) is 12.5. The number of hydrogen-bond donors (Lipinski definition) is 0. The second kappa shape index (κ2) is 7.26. The molecule has 0 fully saturated rings. The smallest absolute Gasteiger partial charge is 0.442 e. The van der Waals surface area contributed by atoms with Gasteiger partial charge in [0, 0.05) is 0 Å². The molecular weight excluding hydrogens is 282 g/mol. The Morgan fingerprint density at radius 1 is 1.05 bits per heavy atom. The standard InChI is InChI=1S/C17H17NO4/c1-13-7-6-10-15(11-13)16(19)22-18(2)17(20)21-12-14-8-4-3-5-9-14/h3-11H,12H2,1-2H3. The summed E-state index contributed by atoms with van der Waals surface area (Å²) in [6.07, 6.45) is -0.732. The van der Waals surface area contributed by atoms with Crippen LogP contribution in [0.4, 0.5) is 4.79 Å². The number of rotatable bonds is 3. The van der Waals surface area contributed by atoms with E-state index in [9.17, 15) is 9.59 Å². The maximum Gasteiger partial charge on any atom is 0.443 e. The number of nitrogens with zero attached hydrogens (tertiary/aromatic N) is 1. The van der Waals surface area contributed by atoms with Gasteiger partial charge in [0.15, 0.2) is 0 Å². The van der Waals surface area contributed by atoms with Gasteiger partial charge in [-0.25, -0.2) is 9.59 Å². The summed E-state index contributed by atoms with van der Waals surface area (Å²) in [5.41, 5.74) is 2.17. The van der Waals surface area contributed by atoms with E-state index in [0.717, 1.165) is 16.2 Å². The van der Waals surface area contributed by atoms with Crippen LogP contribution in [-0.2, 0) is 16.2 Å². The van der Waals surface area contributed by atoms with E-state index < -0.39 is 12.1 Å². The van der Waals surface area contributed by atoms with Gasteiger partial charge in [0.2, 0.25) is 0 Å². The zero-order valence-corrected chi connectivity index (χ0v) is 12.5. The molecule has 0 saturated carbocycles. The monoisotopic (exact) mass is 299 g/mol. The minimum absolute atomic E-state index is 0.117. The lowest BCUT2D eigenvalue weighted by Crippen LogP contribution is -2.30. The Bertz CT molecular complexity index is 655. The molecule has 22 heavy (non-hydrogen) atoms. The molecule has 0 aliphatic carbocycles. The topological polar surface area (TPSA) is 55.8 Å². The summed E-state index contributed by atoms with van der Waals surface area (Å²) in [6.45, 7) is 1.99. The summed E-state index contributed by atoms with van der Waals surface area (Å²) in [6, 6.07) is 16.2. The normalized spacial score (nSPS) is 9.91. The molecule has 2 aromatic carbocycles. The van der Waals surface area contributed by atoms with Crippen molar-refractivity contribution >= 4 is 12.1 Å². The van der Waals surface area contributed by atoms with Crippen molar-refractivity contribution in [3.05, 3.63) is 71.3 Å².